The van der Waals surface area contributed by atoms with Gasteiger partial charge in [0.1, 0.15) is 11.4 Å². The lowest BCUT2D eigenvalue weighted by Gasteiger charge is -2.26. The van der Waals surface area contributed by atoms with Crippen molar-refractivity contribution in [3.05, 3.63) is 65.2 Å². The molecule has 1 aromatic rings. The van der Waals surface area contributed by atoms with Crippen molar-refractivity contribution < 1.29 is 22.4 Å². The summed E-state index contributed by atoms with van der Waals surface area (Å²) in [7, 11) is 0. The first kappa shape index (κ1) is 18.8. The molecule has 3 nitrogen and oxygen atoms in total. The maximum absolute atomic E-state index is 13.1. The molecule has 0 saturated heterocycles. The van der Waals surface area contributed by atoms with Crippen molar-refractivity contribution in [2.45, 2.75) is 26.9 Å². The first-order chi connectivity index (χ1) is 11.5. The van der Waals surface area contributed by atoms with Crippen LogP contribution in [-0.4, -0.2) is 12.0 Å². The van der Waals surface area contributed by atoms with Crippen molar-refractivity contribution in [3.63, 3.8) is 0 Å². The van der Waals surface area contributed by atoms with Crippen LogP contribution in [0.5, 0.6) is 0 Å². The quantitative estimate of drug-likeness (QED) is 0.487. The van der Waals surface area contributed by atoms with Crippen LogP contribution < -0.4 is 0 Å². The summed E-state index contributed by atoms with van der Waals surface area (Å²) >= 11 is 0. The van der Waals surface area contributed by atoms with Gasteiger partial charge in [-0.3, -0.25) is 4.79 Å². The lowest BCUT2D eigenvalue weighted by molar-refractivity contribution is -0.126. The van der Waals surface area contributed by atoms with Gasteiger partial charge in [-0.1, -0.05) is 20.8 Å². The van der Waals surface area contributed by atoms with Crippen LogP contribution in [0.25, 0.3) is 0 Å². The fourth-order valence-electron chi connectivity index (χ4n) is 2.16. The Morgan fingerprint density at radius 2 is 1.52 bits per heavy atom. The number of nitrogens with zero attached hydrogens (tertiary/aromatic N) is 2. The minimum absolute atomic E-state index is 0.0468. The molecule has 0 atom stereocenters. The van der Waals surface area contributed by atoms with Gasteiger partial charge in [0.25, 0.3) is 0 Å². The Morgan fingerprint density at radius 3 is 2.04 bits per heavy atom. The number of allylic oxidation sites excluding steroid dienone is 5. The predicted molar refractivity (Wildman–Crippen MR) is 85.7 cm³/mol. The number of carbonyl (C=O) groups is 1. The molecule has 0 unspecified atom stereocenters. The zero-order valence-electron chi connectivity index (χ0n) is 13.9. The van der Waals surface area contributed by atoms with Crippen molar-refractivity contribution in [3.8, 4) is 0 Å². The molecule has 1 aliphatic rings. The molecule has 0 amide bonds. The molecule has 0 bridgehead atoms. The summed E-state index contributed by atoms with van der Waals surface area (Å²) in [4.78, 5) is 12.1. The Hall–Kier alpha value is -2.57. The number of hydrogen-bond donors (Lipinski definition) is 0. The van der Waals surface area contributed by atoms with Gasteiger partial charge in [-0.05, 0) is 47.4 Å². The van der Waals surface area contributed by atoms with Crippen molar-refractivity contribution in [1.82, 2.24) is 0 Å². The summed E-state index contributed by atoms with van der Waals surface area (Å²) in [5.41, 5.74) is -1.48. The fourth-order valence-corrected chi connectivity index (χ4v) is 2.16. The van der Waals surface area contributed by atoms with Gasteiger partial charge in [0.05, 0.1) is 11.9 Å². The molecule has 2 rings (SSSR count). The molecular weight excluding hydrogens is 336 g/mol. The summed E-state index contributed by atoms with van der Waals surface area (Å²) in [5.74, 6) is -1.47. The van der Waals surface area contributed by atoms with Crippen LogP contribution in [0, 0.1) is 11.2 Å². The average Bonchev–Trinajstić information content (AvgIpc) is 2.48. The number of azo groups is 1. The first-order valence-electron chi connectivity index (χ1n) is 7.41. The molecule has 7 heteroatoms. The van der Waals surface area contributed by atoms with Gasteiger partial charge < -0.3 is 0 Å². The van der Waals surface area contributed by atoms with E-state index in [-0.39, 0.29) is 11.1 Å². The summed E-state index contributed by atoms with van der Waals surface area (Å²) in [6.07, 6.45) is -1.50. The van der Waals surface area contributed by atoms with E-state index in [2.05, 4.69) is 10.2 Å². The Kier molecular flexibility index (Phi) is 5.06. The van der Waals surface area contributed by atoms with Crippen LogP contribution in [0.4, 0.5) is 23.2 Å². The summed E-state index contributed by atoms with van der Waals surface area (Å²) in [5, 5.41) is 7.52. The molecule has 0 heterocycles. The summed E-state index contributed by atoms with van der Waals surface area (Å²) in [6, 6.07) is 5.16. The second kappa shape index (κ2) is 6.74. The predicted octanol–water partition coefficient (Wildman–Crippen LogP) is 5.84. The van der Waals surface area contributed by atoms with E-state index in [0.717, 1.165) is 12.3 Å². The van der Waals surface area contributed by atoms with Crippen LogP contribution in [0.1, 0.15) is 20.8 Å². The second-order valence-electron chi connectivity index (χ2n) is 6.51. The molecule has 0 fully saturated rings. The maximum atomic E-state index is 13.1. The van der Waals surface area contributed by atoms with E-state index in [4.69, 9.17) is 0 Å². The monoisotopic (exact) mass is 352 g/mol. The minimum atomic E-state index is -4.75. The maximum Gasteiger partial charge on any atom is 0.420 e. The molecule has 0 saturated carbocycles. The number of halogens is 4. The Labute approximate surface area is 142 Å². The van der Waals surface area contributed by atoms with Crippen molar-refractivity contribution in [1.29, 1.82) is 0 Å². The lowest BCUT2D eigenvalue weighted by Crippen LogP contribution is -2.29. The molecule has 0 aromatic heterocycles. The number of rotatable bonds is 2. The largest absolute Gasteiger partial charge is 0.420 e. The molecule has 0 N–H and O–H groups in total. The molecule has 1 aromatic carbocycles. The first-order valence-corrected chi connectivity index (χ1v) is 7.41. The van der Waals surface area contributed by atoms with Gasteiger partial charge >= 0.3 is 6.18 Å². The average molecular weight is 352 g/mol. The van der Waals surface area contributed by atoms with Crippen molar-refractivity contribution >= 4 is 11.5 Å². The molecule has 0 spiro atoms. The van der Waals surface area contributed by atoms with E-state index in [1.807, 2.05) is 0 Å². The third-order valence-electron chi connectivity index (χ3n) is 3.43. The highest BCUT2D eigenvalue weighted by Crippen LogP contribution is 2.38. The van der Waals surface area contributed by atoms with E-state index >= 15 is 0 Å². The zero-order valence-corrected chi connectivity index (χ0v) is 13.9. The van der Waals surface area contributed by atoms with Gasteiger partial charge in [0.2, 0.25) is 0 Å². The van der Waals surface area contributed by atoms with Crippen molar-refractivity contribution in [2.24, 2.45) is 15.6 Å². The van der Waals surface area contributed by atoms with E-state index < -0.39 is 28.8 Å². The molecule has 1 aliphatic carbocycles. The SMILES string of the molecule is CC(C)(C)C1=CC(=CN=Nc2ccc(F)cc2)C=C(C(F)(F)F)C1=O. The highest BCUT2D eigenvalue weighted by Gasteiger charge is 2.43. The van der Waals surface area contributed by atoms with Crippen LogP contribution in [-0.2, 0) is 4.79 Å². The summed E-state index contributed by atoms with van der Waals surface area (Å²) < 4.78 is 52.2. The second-order valence-corrected chi connectivity index (χ2v) is 6.51. The highest BCUT2D eigenvalue weighted by atomic mass is 19.4. The number of ketones is 1. The van der Waals surface area contributed by atoms with Gasteiger partial charge in [-0.2, -0.15) is 23.4 Å². The van der Waals surface area contributed by atoms with Gasteiger partial charge in [0.15, 0.2) is 5.78 Å². The topological polar surface area (TPSA) is 41.8 Å². The number of carbonyl (C=O) groups excluding carboxylic acids is 1. The molecule has 25 heavy (non-hydrogen) atoms. The van der Waals surface area contributed by atoms with E-state index in [1.165, 1.54) is 30.3 Å². The van der Waals surface area contributed by atoms with Crippen LogP contribution in [0.2, 0.25) is 0 Å². The minimum Gasteiger partial charge on any atom is -0.289 e. The molecule has 0 aliphatic heterocycles. The number of benzene rings is 1. The Bertz CT molecular complexity index is 756. The molecule has 0 radical (unpaired) electrons. The van der Waals surface area contributed by atoms with Crippen LogP contribution in [0.3, 0.4) is 0 Å². The van der Waals surface area contributed by atoms with Gasteiger partial charge in [-0.25, -0.2) is 4.39 Å². The lowest BCUT2D eigenvalue weighted by atomic mass is 9.78. The number of Topliss-reactive ketones (excluding diaryl/α,β-unsaturated/α-hetero) is 1. The highest BCUT2D eigenvalue weighted by molar-refractivity contribution is 6.11. The van der Waals surface area contributed by atoms with E-state index in [9.17, 15) is 22.4 Å². The van der Waals surface area contributed by atoms with E-state index in [0.29, 0.717) is 5.69 Å². The third kappa shape index (κ3) is 4.71. The number of alkyl halides is 3. The smallest absolute Gasteiger partial charge is 0.289 e. The van der Waals surface area contributed by atoms with E-state index in [1.54, 1.807) is 20.8 Å². The Balaban J connectivity index is 2.39. The normalized spacial score (nSPS) is 17.9. The third-order valence-corrected chi connectivity index (χ3v) is 3.43. The van der Waals surface area contributed by atoms with Crippen molar-refractivity contribution in [2.75, 3.05) is 0 Å². The van der Waals surface area contributed by atoms with Crippen LogP contribution >= 0.6 is 0 Å². The van der Waals surface area contributed by atoms with Crippen LogP contribution in [0.15, 0.2) is 69.6 Å². The summed E-state index contributed by atoms with van der Waals surface area (Å²) in [6.45, 7) is 4.98. The molecule has 132 valence electrons. The zero-order chi connectivity index (χ0) is 18.8. The standard InChI is InChI=1S/C18H16F4N2O/c1-17(2,3)14-8-11(9-15(16(14)25)18(20,21)22)10-23-24-13-6-4-12(19)5-7-13/h4-10H,1-3H3. The number of hydrogen-bond acceptors (Lipinski definition) is 3. The fraction of sp³-hybridized carbons (Fsp3) is 0.278. The Morgan fingerprint density at radius 1 is 0.960 bits per heavy atom. The van der Waals surface area contributed by atoms with Gasteiger partial charge in [-0.15, -0.1) is 0 Å². The van der Waals surface area contributed by atoms with Gasteiger partial charge in [0, 0.05) is 5.57 Å². The molecular formula is C18H16F4N2O.